The fourth-order valence-corrected chi connectivity index (χ4v) is 1.36. The number of allylic oxidation sites excluding steroid dienone is 1. The lowest BCUT2D eigenvalue weighted by molar-refractivity contribution is 0.228. The van der Waals surface area contributed by atoms with E-state index in [-0.39, 0.29) is 6.61 Å². The number of hydrogen-bond acceptors (Lipinski definition) is 2. The number of benzene rings is 1. The second-order valence-electron chi connectivity index (χ2n) is 3.50. The van der Waals surface area contributed by atoms with Crippen molar-refractivity contribution in [2.75, 3.05) is 6.61 Å². The Balaban J connectivity index is 2.32. The molecule has 0 aliphatic rings. The van der Waals surface area contributed by atoms with Gasteiger partial charge in [0.1, 0.15) is 0 Å². The van der Waals surface area contributed by atoms with Crippen molar-refractivity contribution in [3.8, 4) is 0 Å². The molecule has 0 heterocycles. The van der Waals surface area contributed by atoms with Crippen molar-refractivity contribution in [3.05, 3.63) is 48.0 Å². The third kappa shape index (κ3) is 4.77. The average Bonchev–Trinajstić information content (AvgIpc) is 2.30. The van der Waals surface area contributed by atoms with Crippen LogP contribution in [-0.4, -0.2) is 16.8 Å². The minimum Gasteiger partial charge on any atom is -0.396 e. The molecule has 1 aromatic carbocycles. The van der Waals surface area contributed by atoms with E-state index in [9.17, 15) is 5.11 Å². The zero-order valence-electron chi connectivity index (χ0n) is 8.84. The fraction of sp³-hybridized carbons (Fsp3) is 0.385. The molecule has 1 aromatic rings. The van der Waals surface area contributed by atoms with E-state index in [0.29, 0.717) is 0 Å². The summed E-state index contributed by atoms with van der Waals surface area (Å²) in [5.74, 6) is 0. The Morgan fingerprint density at radius 3 is 2.53 bits per heavy atom. The Hall–Kier alpha value is -1.12. The number of aliphatic hydroxyl groups is 2. The summed E-state index contributed by atoms with van der Waals surface area (Å²) in [6.45, 7) is 0.245. The van der Waals surface area contributed by atoms with E-state index in [0.717, 1.165) is 24.8 Å². The maximum absolute atomic E-state index is 9.74. The van der Waals surface area contributed by atoms with Crippen molar-refractivity contribution in [2.45, 2.75) is 25.4 Å². The second-order valence-corrected chi connectivity index (χ2v) is 3.50. The zero-order valence-corrected chi connectivity index (χ0v) is 8.84. The third-order valence-electron chi connectivity index (χ3n) is 2.24. The lowest BCUT2D eigenvalue weighted by atomic mass is 10.1. The van der Waals surface area contributed by atoms with Crippen molar-refractivity contribution < 1.29 is 10.2 Å². The maximum Gasteiger partial charge on any atom is 0.0971 e. The first-order chi connectivity index (χ1) is 7.34. The van der Waals surface area contributed by atoms with Gasteiger partial charge in [0, 0.05) is 6.61 Å². The summed E-state index contributed by atoms with van der Waals surface area (Å²) in [7, 11) is 0. The first-order valence-electron chi connectivity index (χ1n) is 5.35. The van der Waals surface area contributed by atoms with Crippen LogP contribution in [0.25, 0.3) is 0 Å². The molecule has 0 saturated heterocycles. The van der Waals surface area contributed by atoms with Crippen LogP contribution in [0.4, 0.5) is 0 Å². The molecule has 0 saturated carbocycles. The highest BCUT2D eigenvalue weighted by Gasteiger charge is 2.00. The molecule has 2 heteroatoms. The van der Waals surface area contributed by atoms with Gasteiger partial charge >= 0.3 is 0 Å². The molecule has 0 aliphatic carbocycles. The van der Waals surface area contributed by atoms with Crippen LogP contribution in [0.15, 0.2) is 42.5 Å². The molecule has 1 rings (SSSR count). The fourth-order valence-electron chi connectivity index (χ4n) is 1.36. The van der Waals surface area contributed by atoms with E-state index in [1.54, 1.807) is 6.08 Å². The summed E-state index contributed by atoms with van der Waals surface area (Å²) < 4.78 is 0. The number of rotatable bonds is 6. The highest BCUT2D eigenvalue weighted by molar-refractivity contribution is 5.20. The van der Waals surface area contributed by atoms with Crippen LogP contribution in [-0.2, 0) is 0 Å². The van der Waals surface area contributed by atoms with Crippen molar-refractivity contribution >= 4 is 0 Å². The van der Waals surface area contributed by atoms with Gasteiger partial charge in [0.05, 0.1) is 6.10 Å². The summed E-state index contributed by atoms with van der Waals surface area (Å²) in [4.78, 5) is 0. The largest absolute Gasteiger partial charge is 0.396 e. The second kappa shape index (κ2) is 7.21. The molecule has 2 nitrogen and oxygen atoms in total. The van der Waals surface area contributed by atoms with E-state index in [1.165, 1.54) is 0 Å². The average molecular weight is 206 g/mol. The maximum atomic E-state index is 9.74. The van der Waals surface area contributed by atoms with Crippen LogP contribution in [0.2, 0.25) is 0 Å². The van der Waals surface area contributed by atoms with Gasteiger partial charge in [-0.15, -0.1) is 0 Å². The monoisotopic (exact) mass is 206 g/mol. The normalized spacial score (nSPS) is 13.2. The molecular formula is C13H18O2. The van der Waals surface area contributed by atoms with Crippen LogP contribution >= 0.6 is 0 Å². The number of hydrogen-bond donors (Lipinski definition) is 2. The van der Waals surface area contributed by atoms with Crippen molar-refractivity contribution in [1.29, 1.82) is 0 Å². The Kier molecular flexibility index (Phi) is 5.74. The van der Waals surface area contributed by atoms with Crippen LogP contribution < -0.4 is 0 Å². The summed E-state index contributed by atoms with van der Waals surface area (Å²) in [5, 5.41) is 18.3. The van der Waals surface area contributed by atoms with Crippen molar-refractivity contribution in [1.82, 2.24) is 0 Å². The molecule has 0 radical (unpaired) electrons. The first kappa shape index (κ1) is 12.0. The minimum atomic E-state index is -0.514. The van der Waals surface area contributed by atoms with Gasteiger partial charge in [-0.25, -0.2) is 0 Å². The Morgan fingerprint density at radius 2 is 1.87 bits per heavy atom. The topological polar surface area (TPSA) is 40.5 Å². The molecular weight excluding hydrogens is 188 g/mol. The highest BCUT2D eigenvalue weighted by atomic mass is 16.3. The molecule has 0 aromatic heterocycles. The van der Waals surface area contributed by atoms with Crippen LogP contribution in [0, 0.1) is 0 Å². The van der Waals surface area contributed by atoms with E-state index in [1.807, 2.05) is 36.4 Å². The first-order valence-corrected chi connectivity index (χ1v) is 5.35. The molecule has 82 valence electrons. The molecule has 0 aliphatic heterocycles. The Bertz CT molecular complexity index is 280. The van der Waals surface area contributed by atoms with E-state index in [4.69, 9.17) is 5.11 Å². The number of aliphatic hydroxyl groups excluding tert-OH is 2. The van der Waals surface area contributed by atoms with Crippen molar-refractivity contribution in [2.24, 2.45) is 0 Å². The van der Waals surface area contributed by atoms with E-state index >= 15 is 0 Å². The molecule has 1 atom stereocenters. The molecule has 0 fully saturated rings. The Morgan fingerprint density at radius 1 is 1.13 bits per heavy atom. The minimum absolute atomic E-state index is 0.245. The molecule has 1 unspecified atom stereocenters. The van der Waals surface area contributed by atoms with Crippen LogP contribution in [0.3, 0.4) is 0 Å². The predicted octanol–water partition coefficient (Wildman–Crippen LogP) is 2.44. The highest BCUT2D eigenvalue weighted by Crippen LogP contribution is 2.13. The van der Waals surface area contributed by atoms with Gasteiger partial charge in [-0.1, -0.05) is 42.5 Å². The number of unbranched alkanes of at least 4 members (excludes halogenated alkanes) is 2. The SMILES string of the molecule is OCCCC/C=C/C(O)c1ccccc1. The molecule has 0 spiro atoms. The Labute approximate surface area is 90.9 Å². The zero-order chi connectivity index (χ0) is 10.9. The van der Waals surface area contributed by atoms with Gasteiger partial charge in [-0.3, -0.25) is 0 Å². The summed E-state index contributed by atoms with van der Waals surface area (Å²) >= 11 is 0. The standard InChI is InChI=1S/C13H18O2/c14-11-7-2-1-6-10-13(15)12-8-4-3-5-9-12/h3-6,8-10,13-15H,1-2,7,11H2/b10-6+. The summed E-state index contributed by atoms with van der Waals surface area (Å²) in [6, 6.07) is 9.57. The molecule has 2 N–H and O–H groups in total. The van der Waals surface area contributed by atoms with E-state index in [2.05, 4.69) is 0 Å². The van der Waals surface area contributed by atoms with E-state index < -0.39 is 6.10 Å². The predicted molar refractivity (Wildman–Crippen MR) is 61.5 cm³/mol. The molecule has 15 heavy (non-hydrogen) atoms. The lowest BCUT2D eigenvalue weighted by Crippen LogP contribution is -1.91. The van der Waals surface area contributed by atoms with Gasteiger partial charge in [-0.05, 0) is 24.8 Å². The van der Waals surface area contributed by atoms with Crippen LogP contribution in [0.5, 0.6) is 0 Å². The summed E-state index contributed by atoms with van der Waals surface area (Å²) in [6.07, 6.45) is 5.95. The van der Waals surface area contributed by atoms with Gasteiger partial charge in [0.15, 0.2) is 0 Å². The lowest BCUT2D eigenvalue weighted by Gasteiger charge is -2.04. The van der Waals surface area contributed by atoms with Crippen molar-refractivity contribution in [3.63, 3.8) is 0 Å². The van der Waals surface area contributed by atoms with Gasteiger partial charge in [0.25, 0.3) is 0 Å². The van der Waals surface area contributed by atoms with Gasteiger partial charge < -0.3 is 10.2 Å². The molecule has 0 bridgehead atoms. The quantitative estimate of drug-likeness (QED) is 0.554. The van der Waals surface area contributed by atoms with Crippen LogP contribution in [0.1, 0.15) is 30.9 Å². The molecule has 0 amide bonds. The van der Waals surface area contributed by atoms with Gasteiger partial charge in [0.2, 0.25) is 0 Å². The van der Waals surface area contributed by atoms with Gasteiger partial charge in [-0.2, -0.15) is 0 Å². The third-order valence-corrected chi connectivity index (χ3v) is 2.24. The summed E-state index contributed by atoms with van der Waals surface area (Å²) in [5.41, 5.74) is 0.913. The smallest absolute Gasteiger partial charge is 0.0971 e.